The Morgan fingerprint density at radius 2 is 1.41 bits per heavy atom. The molecule has 0 spiro atoms. The van der Waals surface area contributed by atoms with Crippen LogP contribution in [0.3, 0.4) is 0 Å². The minimum Gasteiger partial charge on any atom is -0.312 e. The number of hydrogen-bond acceptors (Lipinski definition) is 3. The third kappa shape index (κ3) is 5.13. The van der Waals surface area contributed by atoms with Crippen LogP contribution in [-0.4, -0.2) is 24.3 Å². The Bertz CT molecular complexity index is 835. The number of nitrogens with zero attached hydrogens (tertiary/aromatic N) is 1. The highest BCUT2D eigenvalue weighted by molar-refractivity contribution is 5.95. The largest absolute Gasteiger partial charge is 0.312 e. The normalized spacial score (nSPS) is 13.5. The van der Waals surface area contributed by atoms with Crippen molar-refractivity contribution >= 4 is 23.4 Å². The lowest BCUT2D eigenvalue weighted by molar-refractivity contribution is -0.128. The van der Waals surface area contributed by atoms with E-state index in [1.807, 2.05) is 12.1 Å². The first kappa shape index (κ1) is 18.6. The van der Waals surface area contributed by atoms with Crippen molar-refractivity contribution in [2.45, 2.75) is 25.7 Å². The van der Waals surface area contributed by atoms with Gasteiger partial charge >= 0.3 is 0 Å². The Hall–Kier alpha value is -3.22. The topological polar surface area (TPSA) is 78.5 Å². The molecule has 7 heteroatoms. The van der Waals surface area contributed by atoms with Gasteiger partial charge in [0.1, 0.15) is 5.82 Å². The molecule has 140 valence electrons. The van der Waals surface area contributed by atoms with E-state index in [0.29, 0.717) is 12.0 Å². The molecule has 2 N–H and O–H groups in total. The predicted molar refractivity (Wildman–Crippen MR) is 98.1 cm³/mol. The summed E-state index contributed by atoms with van der Waals surface area (Å²) in [6, 6.07) is 12.8. The van der Waals surface area contributed by atoms with Crippen molar-refractivity contribution < 1.29 is 18.8 Å². The third-order valence-electron chi connectivity index (χ3n) is 4.31. The highest BCUT2D eigenvalue weighted by Gasteiger charge is 2.21. The molecule has 27 heavy (non-hydrogen) atoms. The Labute approximate surface area is 156 Å². The van der Waals surface area contributed by atoms with E-state index in [4.69, 9.17) is 0 Å². The van der Waals surface area contributed by atoms with Gasteiger partial charge in [-0.2, -0.15) is 0 Å². The van der Waals surface area contributed by atoms with Gasteiger partial charge in [-0.15, -0.1) is 0 Å². The maximum Gasteiger partial charge on any atom is 0.242 e. The molecule has 0 unspecified atom stereocenters. The van der Waals surface area contributed by atoms with Gasteiger partial charge in [0.15, 0.2) is 0 Å². The number of nitrogens with one attached hydrogen (secondary N) is 2. The lowest BCUT2D eigenvalue weighted by atomic mass is 10.1. The molecule has 0 radical (unpaired) electrons. The first-order valence-electron chi connectivity index (χ1n) is 8.73. The van der Waals surface area contributed by atoms with Crippen LogP contribution in [0.5, 0.6) is 0 Å². The van der Waals surface area contributed by atoms with Crippen LogP contribution in [0.1, 0.15) is 24.0 Å². The van der Waals surface area contributed by atoms with Crippen LogP contribution in [0.25, 0.3) is 0 Å². The van der Waals surface area contributed by atoms with E-state index < -0.39 is 5.91 Å². The fraction of sp³-hybridized carbons (Fsp3) is 0.250. The highest BCUT2D eigenvalue weighted by Crippen LogP contribution is 2.21. The molecule has 0 aliphatic carbocycles. The first-order chi connectivity index (χ1) is 13.0. The zero-order valence-electron chi connectivity index (χ0n) is 14.7. The number of benzene rings is 2. The molecule has 0 bridgehead atoms. The Balaban J connectivity index is 1.45. The molecular weight excluding hydrogens is 349 g/mol. The molecule has 1 aliphatic heterocycles. The molecule has 0 saturated carbocycles. The van der Waals surface area contributed by atoms with Crippen molar-refractivity contribution in [1.82, 2.24) is 10.9 Å². The zero-order valence-corrected chi connectivity index (χ0v) is 14.7. The average Bonchev–Trinajstić information content (AvgIpc) is 3.09. The summed E-state index contributed by atoms with van der Waals surface area (Å²) in [6.07, 6.45) is 1.58. The summed E-state index contributed by atoms with van der Waals surface area (Å²) < 4.78 is 12.8. The van der Waals surface area contributed by atoms with Gasteiger partial charge in [0.25, 0.3) is 0 Å². The number of amides is 3. The minimum absolute atomic E-state index is 0.0408. The SMILES string of the molecule is O=C(Cc1ccc(F)cc1)NNC(=O)Cc1ccc(N2CCCC2=O)cc1. The second kappa shape index (κ2) is 8.44. The van der Waals surface area contributed by atoms with Crippen molar-refractivity contribution in [2.75, 3.05) is 11.4 Å². The van der Waals surface area contributed by atoms with Crippen molar-refractivity contribution in [3.63, 3.8) is 0 Å². The Morgan fingerprint density at radius 3 is 1.89 bits per heavy atom. The van der Waals surface area contributed by atoms with Crippen LogP contribution in [0.4, 0.5) is 10.1 Å². The lowest BCUT2D eigenvalue weighted by Crippen LogP contribution is -2.43. The van der Waals surface area contributed by atoms with Crippen molar-refractivity contribution in [2.24, 2.45) is 0 Å². The molecule has 0 atom stereocenters. The summed E-state index contributed by atoms with van der Waals surface area (Å²) in [5, 5.41) is 0. The first-order valence-corrected chi connectivity index (χ1v) is 8.73. The summed E-state index contributed by atoms with van der Waals surface area (Å²) >= 11 is 0. The number of carbonyl (C=O) groups is 3. The van der Waals surface area contributed by atoms with Crippen LogP contribution in [0.15, 0.2) is 48.5 Å². The van der Waals surface area contributed by atoms with Gasteiger partial charge in [0.2, 0.25) is 17.7 Å². The predicted octanol–water partition coefficient (Wildman–Crippen LogP) is 1.89. The maximum absolute atomic E-state index is 12.8. The Kier molecular flexibility index (Phi) is 5.80. The molecule has 2 aromatic rings. The van der Waals surface area contributed by atoms with Crippen molar-refractivity contribution in [3.05, 3.63) is 65.5 Å². The summed E-state index contributed by atoms with van der Waals surface area (Å²) in [4.78, 5) is 37.3. The number of anilines is 1. The number of rotatable bonds is 5. The maximum atomic E-state index is 12.8. The van der Waals surface area contributed by atoms with Gasteiger partial charge in [-0.1, -0.05) is 24.3 Å². The van der Waals surface area contributed by atoms with E-state index in [0.717, 1.165) is 24.2 Å². The summed E-state index contributed by atoms with van der Waals surface area (Å²) in [5.74, 6) is -0.998. The van der Waals surface area contributed by atoms with E-state index in [1.54, 1.807) is 17.0 Å². The average molecular weight is 369 g/mol. The molecule has 0 aromatic heterocycles. The second-order valence-electron chi connectivity index (χ2n) is 6.39. The van der Waals surface area contributed by atoms with Gasteiger partial charge in [0.05, 0.1) is 12.8 Å². The monoisotopic (exact) mass is 369 g/mol. The van der Waals surface area contributed by atoms with Gasteiger partial charge < -0.3 is 4.90 Å². The molecule has 1 saturated heterocycles. The van der Waals surface area contributed by atoms with Crippen LogP contribution in [-0.2, 0) is 27.2 Å². The molecule has 6 nitrogen and oxygen atoms in total. The fourth-order valence-electron chi connectivity index (χ4n) is 2.92. The van der Waals surface area contributed by atoms with Crippen LogP contribution in [0.2, 0.25) is 0 Å². The van der Waals surface area contributed by atoms with E-state index >= 15 is 0 Å². The molecule has 1 aliphatic rings. The Morgan fingerprint density at radius 1 is 0.889 bits per heavy atom. The lowest BCUT2D eigenvalue weighted by Gasteiger charge is -2.15. The quantitative estimate of drug-likeness (QED) is 0.790. The number of halogens is 1. The van der Waals surface area contributed by atoms with Crippen molar-refractivity contribution in [3.8, 4) is 0 Å². The van der Waals surface area contributed by atoms with E-state index in [2.05, 4.69) is 10.9 Å². The number of hydrazine groups is 1. The van der Waals surface area contributed by atoms with Gasteiger partial charge in [-0.05, 0) is 41.8 Å². The van der Waals surface area contributed by atoms with E-state index in [1.165, 1.54) is 24.3 Å². The van der Waals surface area contributed by atoms with Crippen LogP contribution in [0, 0.1) is 5.82 Å². The van der Waals surface area contributed by atoms with Gasteiger partial charge in [-0.3, -0.25) is 25.2 Å². The van der Waals surface area contributed by atoms with E-state index in [-0.39, 0.29) is 30.5 Å². The van der Waals surface area contributed by atoms with Crippen LogP contribution >= 0.6 is 0 Å². The van der Waals surface area contributed by atoms with E-state index in [9.17, 15) is 18.8 Å². The zero-order chi connectivity index (χ0) is 19.2. The van der Waals surface area contributed by atoms with Gasteiger partial charge in [-0.25, -0.2) is 4.39 Å². The van der Waals surface area contributed by atoms with Gasteiger partial charge in [0, 0.05) is 18.7 Å². The number of carbonyl (C=O) groups excluding carboxylic acids is 3. The second-order valence-corrected chi connectivity index (χ2v) is 6.39. The number of hydrogen-bond donors (Lipinski definition) is 2. The molecule has 3 amide bonds. The fourth-order valence-corrected chi connectivity index (χ4v) is 2.92. The third-order valence-corrected chi connectivity index (χ3v) is 4.31. The molecule has 1 fully saturated rings. The minimum atomic E-state index is -0.391. The molecular formula is C20H20FN3O3. The summed E-state index contributed by atoms with van der Waals surface area (Å²) in [5.41, 5.74) is 6.95. The molecule has 3 rings (SSSR count). The summed E-state index contributed by atoms with van der Waals surface area (Å²) in [7, 11) is 0. The standard InChI is InChI=1S/C20H20FN3O3/c21-16-7-3-14(4-8-16)12-18(25)22-23-19(26)13-15-5-9-17(10-6-15)24-11-1-2-20(24)27/h3-10H,1-2,11-13H2,(H,22,25)(H,23,26). The highest BCUT2D eigenvalue weighted by atomic mass is 19.1. The summed E-state index contributed by atoms with van der Waals surface area (Å²) in [6.45, 7) is 0.721. The van der Waals surface area contributed by atoms with Crippen molar-refractivity contribution in [1.29, 1.82) is 0 Å². The molecule has 2 aromatic carbocycles. The smallest absolute Gasteiger partial charge is 0.242 e. The molecule has 1 heterocycles. The van der Waals surface area contributed by atoms with Crippen LogP contribution < -0.4 is 15.8 Å².